The number of rotatable bonds is 4. The number of benzene rings is 2. The molecule has 1 heterocycles. The van der Waals surface area contributed by atoms with Gasteiger partial charge in [0, 0.05) is 29.4 Å². The van der Waals surface area contributed by atoms with Gasteiger partial charge in [-0.25, -0.2) is 13.2 Å². The molecule has 4 amide bonds. The first-order chi connectivity index (χ1) is 16.4. The van der Waals surface area contributed by atoms with Crippen LogP contribution in [0.15, 0.2) is 48.5 Å². The molecule has 0 unspecified atom stereocenters. The van der Waals surface area contributed by atoms with Crippen molar-refractivity contribution in [2.75, 3.05) is 29.5 Å². The molecule has 0 saturated carbocycles. The summed E-state index contributed by atoms with van der Waals surface area (Å²) in [7, 11) is -3.20. The Morgan fingerprint density at radius 2 is 1.63 bits per heavy atom. The van der Waals surface area contributed by atoms with Crippen molar-refractivity contribution in [2.24, 2.45) is 0 Å². The van der Waals surface area contributed by atoms with Gasteiger partial charge in [0.15, 0.2) is 9.84 Å². The minimum atomic E-state index is -5.17. The highest BCUT2D eigenvalue weighted by molar-refractivity contribution is 7.91. The number of hydrogen-bond donors (Lipinski definition) is 2. The van der Waals surface area contributed by atoms with Gasteiger partial charge in [0.25, 0.3) is 5.91 Å². The maximum absolute atomic E-state index is 13.2. The summed E-state index contributed by atoms with van der Waals surface area (Å²) in [5, 5.41) is 0.0507. The Balaban J connectivity index is 1.77. The number of nitrogens with one attached hydrogen (secondary N) is 2. The van der Waals surface area contributed by atoms with E-state index in [2.05, 4.69) is 0 Å². The third kappa shape index (κ3) is 6.85. The summed E-state index contributed by atoms with van der Waals surface area (Å²) in [5.74, 6) is -3.65. The molecule has 1 aliphatic heterocycles. The van der Waals surface area contributed by atoms with Crippen LogP contribution in [0.1, 0.15) is 15.9 Å². The molecule has 0 atom stereocenters. The fraction of sp³-hybridized carbons (Fsp3) is 0.286. The van der Waals surface area contributed by atoms with E-state index in [1.807, 2.05) is 0 Å². The average molecular weight is 533 g/mol. The van der Waals surface area contributed by atoms with Crippen molar-refractivity contribution >= 4 is 45.0 Å². The Kier molecular flexibility index (Phi) is 7.90. The van der Waals surface area contributed by atoms with E-state index in [-0.39, 0.29) is 41.7 Å². The van der Waals surface area contributed by atoms with Crippen molar-refractivity contribution in [2.45, 2.75) is 12.7 Å². The molecule has 0 spiro atoms. The second kappa shape index (κ2) is 10.5. The number of hydrogen-bond acceptors (Lipinski definition) is 5. The molecule has 2 aromatic carbocycles. The minimum absolute atomic E-state index is 0.0301. The first-order valence-electron chi connectivity index (χ1n) is 10.2. The van der Waals surface area contributed by atoms with Crippen LogP contribution < -0.4 is 15.8 Å². The van der Waals surface area contributed by atoms with E-state index in [4.69, 9.17) is 11.6 Å². The highest BCUT2D eigenvalue weighted by Crippen LogP contribution is 2.25. The van der Waals surface area contributed by atoms with Crippen LogP contribution >= 0.6 is 11.6 Å². The zero-order valence-corrected chi connectivity index (χ0v) is 19.6. The molecule has 0 bridgehead atoms. The molecule has 188 valence electrons. The van der Waals surface area contributed by atoms with Gasteiger partial charge in [-0.2, -0.15) is 13.2 Å². The third-order valence-electron chi connectivity index (χ3n) is 5.10. The number of carbonyl (C=O) groups is 3. The lowest BCUT2D eigenvalue weighted by Gasteiger charge is -2.33. The number of alkyl halides is 3. The van der Waals surface area contributed by atoms with Gasteiger partial charge in [0.05, 0.1) is 18.1 Å². The minimum Gasteiger partial charge on any atom is -0.322 e. The Hall–Kier alpha value is -3.32. The van der Waals surface area contributed by atoms with Crippen molar-refractivity contribution < 1.29 is 36.0 Å². The van der Waals surface area contributed by atoms with E-state index >= 15 is 0 Å². The Morgan fingerprint density at radius 3 is 2.20 bits per heavy atom. The van der Waals surface area contributed by atoms with Crippen LogP contribution in [-0.4, -0.2) is 61.9 Å². The first-order valence-corrected chi connectivity index (χ1v) is 12.4. The highest BCUT2D eigenvalue weighted by atomic mass is 35.5. The van der Waals surface area contributed by atoms with Crippen LogP contribution in [0.4, 0.5) is 23.7 Å². The predicted molar refractivity (Wildman–Crippen MR) is 121 cm³/mol. The van der Waals surface area contributed by atoms with E-state index in [9.17, 15) is 36.0 Å². The van der Waals surface area contributed by atoms with Crippen molar-refractivity contribution in [1.82, 2.24) is 15.8 Å². The van der Waals surface area contributed by atoms with Crippen molar-refractivity contribution in [3.63, 3.8) is 0 Å². The molecule has 1 fully saturated rings. The third-order valence-corrected chi connectivity index (χ3v) is 7.07. The number of halogens is 4. The van der Waals surface area contributed by atoms with Crippen LogP contribution in [-0.2, 0) is 21.2 Å². The van der Waals surface area contributed by atoms with Crippen molar-refractivity contribution in [3.8, 4) is 0 Å². The lowest BCUT2D eigenvalue weighted by Crippen LogP contribution is -2.49. The van der Waals surface area contributed by atoms with Gasteiger partial charge in [-0.15, -0.1) is 0 Å². The summed E-state index contributed by atoms with van der Waals surface area (Å²) in [6.45, 7) is 0.0552. The number of carbonyl (C=O) groups excluding carboxylic acids is 3. The van der Waals surface area contributed by atoms with Gasteiger partial charge in [-0.1, -0.05) is 35.9 Å². The van der Waals surface area contributed by atoms with E-state index < -0.39 is 33.9 Å². The predicted octanol–water partition coefficient (Wildman–Crippen LogP) is 2.52. The zero-order valence-electron chi connectivity index (χ0n) is 18.0. The Bertz CT molecular complexity index is 1210. The summed E-state index contributed by atoms with van der Waals surface area (Å²) in [6, 6.07) is 12.0. The lowest BCUT2D eigenvalue weighted by atomic mass is 10.1. The van der Waals surface area contributed by atoms with Crippen molar-refractivity contribution in [1.29, 1.82) is 0 Å². The van der Waals surface area contributed by atoms with Gasteiger partial charge in [-0.3, -0.25) is 25.3 Å². The van der Waals surface area contributed by atoms with E-state index in [1.54, 1.807) is 35.8 Å². The normalized spacial score (nSPS) is 15.3. The SMILES string of the molecule is O=C(NNC(=O)C(F)(F)F)c1ccc(CN(C(=O)N2CCS(=O)(=O)CC2)c2ccccc2)c(Cl)c1. The number of hydrazine groups is 1. The van der Waals surface area contributed by atoms with Gasteiger partial charge >= 0.3 is 18.1 Å². The van der Waals surface area contributed by atoms with E-state index in [0.717, 1.165) is 0 Å². The number of amides is 4. The Labute approximate surface area is 203 Å². The summed E-state index contributed by atoms with van der Waals surface area (Å²) in [6.07, 6.45) is -5.17. The molecular weight excluding hydrogens is 513 g/mol. The van der Waals surface area contributed by atoms with Crippen LogP contribution in [0, 0.1) is 0 Å². The molecule has 0 radical (unpaired) electrons. The topological polar surface area (TPSA) is 116 Å². The highest BCUT2D eigenvalue weighted by Gasteiger charge is 2.39. The summed E-state index contributed by atoms with van der Waals surface area (Å²) >= 11 is 6.29. The molecule has 35 heavy (non-hydrogen) atoms. The molecule has 0 aromatic heterocycles. The molecule has 3 rings (SSSR count). The standard InChI is InChI=1S/C21H20ClF3N4O5S/c22-17-12-14(18(30)26-27-19(31)21(23,24)25)6-7-15(17)13-29(16-4-2-1-3-5-16)20(32)28-8-10-35(33,34)11-9-28/h1-7,12H,8-11,13H2,(H,26,30)(H,27,31). The molecule has 0 aliphatic carbocycles. The molecular formula is C21H20ClF3N4O5S. The number of sulfone groups is 1. The van der Waals surface area contributed by atoms with Crippen LogP contribution in [0.2, 0.25) is 5.02 Å². The molecule has 14 heteroatoms. The average Bonchev–Trinajstić information content (AvgIpc) is 2.81. The fourth-order valence-electron chi connectivity index (χ4n) is 3.20. The number of nitrogens with zero attached hydrogens (tertiary/aromatic N) is 2. The largest absolute Gasteiger partial charge is 0.472 e. The second-order valence-corrected chi connectivity index (χ2v) is 10.3. The molecule has 1 aliphatic rings. The monoisotopic (exact) mass is 532 g/mol. The molecule has 2 aromatic rings. The number of urea groups is 1. The fourth-order valence-corrected chi connectivity index (χ4v) is 4.64. The van der Waals surface area contributed by atoms with E-state index in [1.165, 1.54) is 33.4 Å². The molecule has 1 saturated heterocycles. The maximum Gasteiger partial charge on any atom is 0.472 e. The van der Waals surface area contributed by atoms with Gasteiger partial charge in [0.1, 0.15) is 0 Å². The first kappa shape index (κ1) is 26.3. The smallest absolute Gasteiger partial charge is 0.322 e. The summed E-state index contributed by atoms with van der Waals surface area (Å²) in [5.41, 5.74) is 3.73. The van der Waals surface area contributed by atoms with Crippen LogP contribution in [0.5, 0.6) is 0 Å². The van der Waals surface area contributed by atoms with Gasteiger partial charge < -0.3 is 4.90 Å². The van der Waals surface area contributed by atoms with Crippen LogP contribution in [0.3, 0.4) is 0 Å². The Morgan fingerprint density at radius 1 is 1.00 bits per heavy atom. The molecule has 2 N–H and O–H groups in total. The second-order valence-electron chi connectivity index (χ2n) is 7.56. The van der Waals surface area contributed by atoms with Gasteiger partial charge in [0.2, 0.25) is 0 Å². The van der Waals surface area contributed by atoms with Gasteiger partial charge in [-0.05, 0) is 29.8 Å². The zero-order chi connectivity index (χ0) is 25.8. The van der Waals surface area contributed by atoms with Crippen LogP contribution in [0.25, 0.3) is 0 Å². The number of para-hydroxylation sites is 1. The quantitative estimate of drug-likeness (QED) is 0.587. The summed E-state index contributed by atoms with van der Waals surface area (Å²) < 4.78 is 60.3. The summed E-state index contributed by atoms with van der Waals surface area (Å²) in [4.78, 5) is 39.0. The lowest BCUT2D eigenvalue weighted by molar-refractivity contribution is -0.174. The maximum atomic E-state index is 13.2. The number of anilines is 1. The van der Waals surface area contributed by atoms with E-state index in [0.29, 0.717) is 11.3 Å². The molecule has 9 nitrogen and oxygen atoms in total. The van der Waals surface area contributed by atoms with Crippen molar-refractivity contribution in [3.05, 3.63) is 64.7 Å².